The average molecular weight is 163 g/mol. The van der Waals surface area contributed by atoms with E-state index in [1.165, 1.54) is 6.26 Å². The molecule has 0 amide bonds. The molecular weight excluding hydrogens is 156 g/mol. The first kappa shape index (κ1) is 7.05. The third kappa shape index (κ3) is 0.998. The molecule has 2 heterocycles. The van der Waals surface area contributed by atoms with Crippen LogP contribution >= 0.6 is 0 Å². The van der Waals surface area contributed by atoms with Gasteiger partial charge in [0, 0.05) is 12.6 Å². The Morgan fingerprint density at radius 3 is 3.25 bits per heavy atom. The highest BCUT2D eigenvalue weighted by atomic mass is 16.5. The van der Waals surface area contributed by atoms with E-state index < -0.39 is 0 Å². The Bertz CT molecular complexity index is 351. The van der Waals surface area contributed by atoms with Gasteiger partial charge in [0.2, 0.25) is 0 Å². The van der Waals surface area contributed by atoms with Crippen LogP contribution in [0, 0.1) is 6.20 Å². The summed E-state index contributed by atoms with van der Waals surface area (Å²) in [6.07, 6.45) is 4.25. The lowest BCUT2D eigenvalue weighted by Crippen LogP contribution is -1.98. The highest BCUT2D eigenvalue weighted by Gasteiger charge is 2.08. The molecule has 0 aliphatic heterocycles. The Morgan fingerprint density at radius 1 is 1.67 bits per heavy atom. The van der Waals surface area contributed by atoms with E-state index >= 15 is 0 Å². The fourth-order valence-electron chi connectivity index (χ4n) is 0.976. The SMILES string of the molecule is NCc1[nH]n[c]c1-c1ccon1. The van der Waals surface area contributed by atoms with Crippen LogP contribution < -0.4 is 5.73 Å². The summed E-state index contributed by atoms with van der Waals surface area (Å²) in [5.74, 6) is 0. The van der Waals surface area contributed by atoms with Crippen LogP contribution in [0.15, 0.2) is 16.9 Å². The molecule has 61 valence electrons. The summed E-state index contributed by atoms with van der Waals surface area (Å²) in [5.41, 5.74) is 7.73. The van der Waals surface area contributed by atoms with E-state index in [2.05, 4.69) is 26.1 Å². The molecule has 0 bridgehead atoms. The smallest absolute Gasteiger partial charge is 0.124 e. The molecule has 1 radical (unpaired) electrons. The second-order valence-corrected chi connectivity index (χ2v) is 2.28. The Labute approximate surface area is 68.6 Å². The van der Waals surface area contributed by atoms with Crippen molar-refractivity contribution in [2.24, 2.45) is 5.73 Å². The number of nitrogens with one attached hydrogen (secondary N) is 1. The van der Waals surface area contributed by atoms with Crippen molar-refractivity contribution >= 4 is 0 Å². The monoisotopic (exact) mass is 163 g/mol. The molecule has 5 heteroatoms. The van der Waals surface area contributed by atoms with E-state index in [4.69, 9.17) is 5.73 Å². The number of H-pyrrole nitrogens is 1. The Kier molecular flexibility index (Phi) is 1.64. The quantitative estimate of drug-likeness (QED) is 0.668. The average Bonchev–Trinajstić information content (AvgIpc) is 2.74. The number of nitrogens with two attached hydrogens (primary N) is 1. The summed E-state index contributed by atoms with van der Waals surface area (Å²) in [6.45, 7) is 0.388. The van der Waals surface area contributed by atoms with Crippen LogP contribution in [0.4, 0.5) is 0 Å². The molecule has 0 saturated carbocycles. The molecule has 3 N–H and O–H groups in total. The Balaban J connectivity index is 2.46. The van der Waals surface area contributed by atoms with Crippen molar-refractivity contribution in [1.29, 1.82) is 0 Å². The molecule has 12 heavy (non-hydrogen) atoms. The van der Waals surface area contributed by atoms with Crippen LogP contribution in [0.1, 0.15) is 5.69 Å². The van der Waals surface area contributed by atoms with Crippen LogP contribution in [0.5, 0.6) is 0 Å². The van der Waals surface area contributed by atoms with E-state index in [9.17, 15) is 0 Å². The molecule has 2 aromatic heterocycles. The number of aromatic amines is 1. The molecule has 0 spiro atoms. The first-order valence-corrected chi connectivity index (χ1v) is 3.47. The first-order chi connectivity index (χ1) is 5.92. The molecule has 0 aliphatic carbocycles. The summed E-state index contributed by atoms with van der Waals surface area (Å²) in [7, 11) is 0. The molecule has 2 aromatic rings. The van der Waals surface area contributed by atoms with Crippen LogP contribution in [0.2, 0.25) is 0 Å². The lowest BCUT2D eigenvalue weighted by Gasteiger charge is -1.92. The van der Waals surface area contributed by atoms with Gasteiger partial charge in [-0.25, -0.2) is 0 Å². The molecule has 0 fully saturated rings. The van der Waals surface area contributed by atoms with Gasteiger partial charge in [0.15, 0.2) is 0 Å². The summed E-state index contributed by atoms with van der Waals surface area (Å²) in [6, 6.07) is 1.74. The number of nitrogens with zero attached hydrogens (tertiary/aromatic N) is 2. The van der Waals surface area contributed by atoms with E-state index in [-0.39, 0.29) is 0 Å². The fourth-order valence-corrected chi connectivity index (χ4v) is 0.976. The maximum Gasteiger partial charge on any atom is 0.124 e. The van der Waals surface area contributed by atoms with Crippen LogP contribution in [-0.2, 0) is 6.54 Å². The lowest BCUT2D eigenvalue weighted by molar-refractivity contribution is 0.422. The molecule has 0 saturated heterocycles. The van der Waals surface area contributed by atoms with Gasteiger partial charge in [-0.15, -0.1) is 0 Å². The number of hydrogen-bond donors (Lipinski definition) is 2. The highest BCUT2D eigenvalue weighted by molar-refractivity contribution is 5.59. The van der Waals surface area contributed by atoms with Gasteiger partial charge in [-0.2, -0.15) is 5.10 Å². The van der Waals surface area contributed by atoms with Crippen molar-refractivity contribution < 1.29 is 4.52 Å². The Morgan fingerprint density at radius 2 is 2.58 bits per heavy atom. The standard InChI is InChI=1S/C7H7N4O/c8-3-7-5(4-9-10-7)6-1-2-12-11-6/h1-2H,3,8H2,(H,9,10). The zero-order chi connectivity index (χ0) is 8.39. The second kappa shape index (κ2) is 2.78. The van der Waals surface area contributed by atoms with Crippen LogP contribution in [-0.4, -0.2) is 15.4 Å². The van der Waals surface area contributed by atoms with Crippen molar-refractivity contribution in [2.75, 3.05) is 0 Å². The second-order valence-electron chi connectivity index (χ2n) is 2.28. The van der Waals surface area contributed by atoms with E-state index in [0.717, 1.165) is 11.3 Å². The summed E-state index contributed by atoms with van der Waals surface area (Å²) in [4.78, 5) is 0. The number of aromatic nitrogens is 3. The van der Waals surface area contributed by atoms with Crippen molar-refractivity contribution in [3.05, 3.63) is 24.2 Å². The molecule has 0 aromatic carbocycles. The molecule has 2 rings (SSSR count). The van der Waals surface area contributed by atoms with Crippen LogP contribution in [0.3, 0.4) is 0 Å². The van der Waals surface area contributed by atoms with Gasteiger partial charge in [-0.05, 0) is 0 Å². The number of hydrogen-bond acceptors (Lipinski definition) is 4. The Hall–Kier alpha value is -1.62. The third-order valence-corrected chi connectivity index (χ3v) is 1.56. The summed E-state index contributed by atoms with van der Waals surface area (Å²) >= 11 is 0. The van der Waals surface area contributed by atoms with Gasteiger partial charge in [0.1, 0.15) is 18.2 Å². The van der Waals surface area contributed by atoms with Gasteiger partial charge in [-0.1, -0.05) is 5.16 Å². The topological polar surface area (TPSA) is 80.7 Å². The van der Waals surface area contributed by atoms with Gasteiger partial charge >= 0.3 is 0 Å². The zero-order valence-electron chi connectivity index (χ0n) is 6.24. The highest BCUT2D eigenvalue weighted by Crippen LogP contribution is 2.18. The fraction of sp³-hybridized carbons (Fsp3) is 0.143. The van der Waals surface area contributed by atoms with Gasteiger partial charge < -0.3 is 10.3 Å². The summed E-state index contributed by atoms with van der Waals surface area (Å²) in [5, 5.41) is 10.2. The van der Waals surface area contributed by atoms with Crippen molar-refractivity contribution in [2.45, 2.75) is 6.54 Å². The van der Waals surface area contributed by atoms with Crippen molar-refractivity contribution in [3.63, 3.8) is 0 Å². The lowest BCUT2D eigenvalue weighted by atomic mass is 10.2. The van der Waals surface area contributed by atoms with Crippen molar-refractivity contribution in [3.8, 4) is 11.3 Å². The zero-order valence-corrected chi connectivity index (χ0v) is 6.24. The van der Waals surface area contributed by atoms with E-state index in [1.54, 1.807) is 6.07 Å². The third-order valence-electron chi connectivity index (χ3n) is 1.56. The number of rotatable bonds is 2. The maximum absolute atomic E-state index is 5.45. The predicted molar refractivity (Wildman–Crippen MR) is 40.8 cm³/mol. The molecular formula is C7H7N4O. The molecule has 0 aliphatic rings. The summed E-state index contributed by atoms with van der Waals surface area (Å²) < 4.78 is 4.69. The van der Waals surface area contributed by atoms with E-state index in [1.807, 2.05) is 0 Å². The minimum Gasteiger partial charge on any atom is -0.364 e. The normalized spacial score (nSPS) is 10.4. The minimum atomic E-state index is 0.388. The molecule has 0 unspecified atom stereocenters. The minimum absolute atomic E-state index is 0.388. The molecule has 0 atom stereocenters. The first-order valence-electron chi connectivity index (χ1n) is 3.47. The van der Waals surface area contributed by atoms with E-state index in [0.29, 0.717) is 12.2 Å². The van der Waals surface area contributed by atoms with Gasteiger partial charge in [-0.3, -0.25) is 5.10 Å². The van der Waals surface area contributed by atoms with Crippen molar-refractivity contribution in [1.82, 2.24) is 15.4 Å². The largest absolute Gasteiger partial charge is 0.364 e. The maximum atomic E-state index is 5.45. The van der Waals surface area contributed by atoms with Crippen LogP contribution in [0.25, 0.3) is 11.3 Å². The molecule has 5 nitrogen and oxygen atoms in total. The van der Waals surface area contributed by atoms with Gasteiger partial charge in [0.05, 0.1) is 11.3 Å². The predicted octanol–water partition coefficient (Wildman–Crippen LogP) is 0.324. The van der Waals surface area contributed by atoms with Gasteiger partial charge in [0.25, 0.3) is 0 Å².